The Hall–Kier alpha value is -0.910. The second-order valence-corrected chi connectivity index (χ2v) is 8.52. The minimum absolute atomic E-state index is 0.304. The zero-order valence-corrected chi connectivity index (χ0v) is 13.9. The van der Waals surface area contributed by atoms with E-state index in [1.165, 1.54) is 5.56 Å². The van der Waals surface area contributed by atoms with E-state index in [0.717, 1.165) is 6.42 Å². The van der Waals surface area contributed by atoms with Crippen molar-refractivity contribution in [1.82, 2.24) is 9.62 Å². The summed E-state index contributed by atoms with van der Waals surface area (Å²) in [6, 6.07) is 10.5. The van der Waals surface area contributed by atoms with E-state index in [4.69, 9.17) is 0 Å². The Kier molecular flexibility index (Phi) is 5.41. The van der Waals surface area contributed by atoms with Crippen molar-refractivity contribution in [3.8, 4) is 0 Å². The van der Waals surface area contributed by atoms with Crippen molar-refractivity contribution in [3.05, 3.63) is 35.9 Å². The standard InChI is InChI=1S/C16H26N2O2S/c1-13(2)17-11-14(3)21(19,20)18-10-9-16(12-18)15-7-5-4-6-8-15/h4-8,13-14,16-17H,9-12H2,1-3H3. The van der Waals surface area contributed by atoms with Crippen molar-refractivity contribution >= 4 is 10.0 Å². The third-order valence-corrected chi connectivity index (χ3v) is 6.34. The quantitative estimate of drug-likeness (QED) is 0.876. The van der Waals surface area contributed by atoms with E-state index >= 15 is 0 Å². The fraction of sp³-hybridized carbons (Fsp3) is 0.625. The van der Waals surface area contributed by atoms with E-state index in [-0.39, 0.29) is 5.25 Å². The third-order valence-electron chi connectivity index (χ3n) is 4.10. The molecule has 1 aliphatic rings. The first kappa shape index (κ1) is 16.5. The van der Waals surface area contributed by atoms with Crippen LogP contribution in [0.3, 0.4) is 0 Å². The van der Waals surface area contributed by atoms with E-state index in [0.29, 0.717) is 31.6 Å². The van der Waals surface area contributed by atoms with Crippen molar-refractivity contribution in [2.24, 2.45) is 0 Å². The number of nitrogens with zero attached hydrogens (tertiary/aromatic N) is 1. The van der Waals surface area contributed by atoms with Crippen LogP contribution in [0.4, 0.5) is 0 Å². The predicted molar refractivity (Wildman–Crippen MR) is 86.9 cm³/mol. The van der Waals surface area contributed by atoms with Crippen LogP contribution in [0.1, 0.15) is 38.7 Å². The Morgan fingerprint density at radius 2 is 1.90 bits per heavy atom. The lowest BCUT2D eigenvalue weighted by molar-refractivity contribution is 0.456. The van der Waals surface area contributed by atoms with E-state index in [9.17, 15) is 8.42 Å². The van der Waals surface area contributed by atoms with E-state index < -0.39 is 10.0 Å². The molecular weight excluding hydrogens is 284 g/mol. The number of hydrogen-bond donors (Lipinski definition) is 1. The van der Waals surface area contributed by atoms with Crippen LogP contribution in [0.2, 0.25) is 0 Å². The molecule has 2 rings (SSSR count). The Balaban J connectivity index is 1.99. The summed E-state index contributed by atoms with van der Waals surface area (Å²) in [6.45, 7) is 7.60. The minimum atomic E-state index is -3.20. The molecule has 0 aromatic heterocycles. The van der Waals surface area contributed by atoms with Crippen LogP contribution in [0.5, 0.6) is 0 Å². The molecule has 118 valence electrons. The van der Waals surface area contributed by atoms with Crippen LogP contribution < -0.4 is 5.32 Å². The third kappa shape index (κ3) is 4.05. The Labute approximate surface area is 128 Å². The van der Waals surface area contributed by atoms with Crippen molar-refractivity contribution in [1.29, 1.82) is 0 Å². The van der Waals surface area contributed by atoms with Gasteiger partial charge in [-0.25, -0.2) is 12.7 Å². The molecule has 0 aliphatic carbocycles. The van der Waals surface area contributed by atoms with E-state index in [1.807, 2.05) is 32.0 Å². The highest BCUT2D eigenvalue weighted by Crippen LogP contribution is 2.29. The molecule has 1 fully saturated rings. The van der Waals surface area contributed by atoms with Gasteiger partial charge in [0.25, 0.3) is 0 Å². The van der Waals surface area contributed by atoms with Crippen LogP contribution in [-0.4, -0.2) is 43.6 Å². The molecule has 0 radical (unpaired) electrons. The van der Waals surface area contributed by atoms with Crippen molar-refractivity contribution in [2.45, 2.75) is 44.4 Å². The van der Waals surface area contributed by atoms with Crippen LogP contribution in [0, 0.1) is 0 Å². The molecule has 2 atom stereocenters. The molecule has 2 unspecified atom stereocenters. The van der Waals surface area contributed by atoms with Gasteiger partial charge in [-0.05, 0) is 24.8 Å². The molecular formula is C16H26N2O2S. The van der Waals surface area contributed by atoms with Gasteiger partial charge in [-0.15, -0.1) is 0 Å². The van der Waals surface area contributed by atoms with Crippen LogP contribution in [-0.2, 0) is 10.0 Å². The van der Waals surface area contributed by atoms with Gasteiger partial charge < -0.3 is 5.32 Å². The SMILES string of the molecule is CC(C)NCC(C)S(=O)(=O)N1CCC(c2ccccc2)C1. The van der Waals surface area contributed by atoms with Gasteiger partial charge in [-0.2, -0.15) is 0 Å². The molecule has 0 spiro atoms. The number of sulfonamides is 1. The lowest BCUT2D eigenvalue weighted by atomic mass is 9.99. The number of benzene rings is 1. The molecule has 1 N–H and O–H groups in total. The van der Waals surface area contributed by atoms with E-state index in [2.05, 4.69) is 17.4 Å². The first-order valence-electron chi connectivity index (χ1n) is 7.68. The summed E-state index contributed by atoms with van der Waals surface area (Å²) in [7, 11) is -3.20. The molecule has 0 saturated carbocycles. The van der Waals surface area contributed by atoms with Crippen LogP contribution in [0.15, 0.2) is 30.3 Å². The second kappa shape index (κ2) is 6.90. The topological polar surface area (TPSA) is 49.4 Å². The average molecular weight is 310 g/mol. The first-order valence-corrected chi connectivity index (χ1v) is 9.19. The summed E-state index contributed by atoms with van der Waals surface area (Å²) in [6.07, 6.45) is 0.910. The van der Waals surface area contributed by atoms with Gasteiger partial charge in [0, 0.05) is 25.7 Å². The van der Waals surface area contributed by atoms with Crippen molar-refractivity contribution in [2.75, 3.05) is 19.6 Å². The summed E-state index contributed by atoms with van der Waals surface area (Å²) in [5.74, 6) is 0.325. The number of hydrogen-bond acceptors (Lipinski definition) is 3. The first-order chi connectivity index (χ1) is 9.91. The van der Waals surface area contributed by atoms with Crippen LogP contribution >= 0.6 is 0 Å². The zero-order valence-electron chi connectivity index (χ0n) is 13.1. The smallest absolute Gasteiger partial charge is 0.217 e. The van der Waals surface area contributed by atoms with Crippen LogP contribution in [0.25, 0.3) is 0 Å². The minimum Gasteiger partial charge on any atom is -0.313 e. The van der Waals surface area contributed by atoms with Gasteiger partial charge in [0.1, 0.15) is 0 Å². The fourth-order valence-electron chi connectivity index (χ4n) is 2.72. The normalized spacial score (nSPS) is 21.8. The van der Waals surface area contributed by atoms with Gasteiger partial charge in [0.05, 0.1) is 5.25 Å². The van der Waals surface area contributed by atoms with Gasteiger partial charge in [0.15, 0.2) is 0 Å². The highest BCUT2D eigenvalue weighted by atomic mass is 32.2. The highest BCUT2D eigenvalue weighted by molar-refractivity contribution is 7.89. The summed E-state index contributed by atoms with van der Waals surface area (Å²) >= 11 is 0. The molecule has 21 heavy (non-hydrogen) atoms. The predicted octanol–water partition coefficient (Wildman–Crippen LogP) is 2.19. The maximum Gasteiger partial charge on any atom is 0.217 e. The molecule has 0 amide bonds. The monoisotopic (exact) mass is 310 g/mol. The lowest BCUT2D eigenvalue weighted by Gasteiger charge is -2.22. The van der Waals surface area contributed by atoms with Gasteiger partial charge in [0.2, 0.25) is 10.0 Å². The van der Waals surface area contributed by atoms with Gasteiger partial charge in [-0.1, -0.05) is 44.2 Å². The molecule has 1 heterocycles. The average Bonchev–Trinajstić information content (AvgIpc) is 2.96. The maximum atomic E-state index is 12.6. The van der Waals surface area contributed by atoms with Gasteiger partial charge in [-0.3, -0.25) is 0 Å². The van der Waals surface area contributed by atoms with Gasteiger partial charge >= 0.3 is 0 Å². The molecule has 1 aromatic carbocycles. The molecule has 5 heteroatoms. The largest absolute Gasteiger partial charge is 0.313 e. The summed E-state index contributed by atoms with van der Waals surface area (Å²) < 4.78 is 26.9. The highest BCUT2D eigenvalue weighted by Gasteiger charge is 2.35. The fourth-order valence-corrected chi connectivity index (χ4v) is 4.28. The lowest BCUT2D eigenvalue weighted by Crippen LogP contribution is -2.42. The van der Waals surface area contributed by atoms with Crippen molar-refractivity contribution < 1.29 is 8.42 Å². The molecule has 0 bridgehead atoms. The number of nitrogens with one attached hydrogen (secondary N) is 1. The molecule has 1 aromatic rings. The van der Waals surface area contributed by atoms with Crippen molar-refractivity contribution in [3.63, 3.8) is 0 Å². The van der Waals surface area contributed by atoms with E-state index in [1.54, 1.807) is 11.2 Å². The zero-order chi connectivity index (χ0) is 15.5. The molecule has 4 nitrogen and oxygen atoms in total. The maximum absolute atomic E-state index is 12.6. The Morgan fingerprint density at radius 3 is 2.52 bits per heavy atom. The Morgan fingerprint density at radius 1 is 1.24 bits per heavy atom. The number of rotatable bonds is 6. The second-order valence-electron chi connectivity index (χ2n) is 6.17. The Bertz CT molecular complexity index is 543. The summed E-state index contributed by atoms with van der Waals surface area (Å²) in [5, 5.41) is 2.83. The summed E-state index contributed by atoms with van der Waals surface area (Å²) in [4.78, 5) is 0. The molecule has 1 aliphatic heterocycles. The molecule has 1 saturated heterocycles. The summed E-state index contributed by atoms with van der Waals surface area (Å²) in [5.41, 5.74) is 1.24.